The van der Waals surface area contributed by atoms with Crippen molar-refractivity contribution in [3.63, 3.8) is 0 Å². The molecule has 0 bridgehead atoms. The fourth-order valence-corrected chi connectivity index (χ4v) is 1.24. The normalized spacial score (nSPS) is 11.0. The molecule has 0 amide bonds. The SMILES string of the molecule is CC(C)CNCCn1cc(F)c(=O)[nH]c1=O. The van der Waals surface area contributed by atoms with E-state index in [4.69, 9.17) is 0 Å². The van der Waals surface area contributed by atoms with E-state index in [-0.39, 0.29) is 0 Å². The van der Waals surface area contributed by atoms with Crippen LogP contribution < -0.4 is 16.6 Å². The Balaban J connectivity index is 2.58. The van der Waals surface area contributed by atoms with Crippen molar-refractivity contribution < 1.29 is 4.39 Å². The van der Waals surface area contributed by atoms with Gasteiger partial charge in [-0.25, -0.2) is 4.79 Å². The zero-order chi connectivity index (χ0) is 12.1. The number of aromatic nitrogens is 2. The number of hydrogen-bond donors (Lipinski definition) is 2. The molecule has 6 heteroatoms. The summed E-state index contributed by atoms with van der Waals surface area (Å²) < 4.78 is 14.0. The first kappa shape index (κ1) is 12.6. The summed E-state index contributed by atoms with van der Waals surface area (Å²) in [6.45, 7) is 5.86. The summed E-state index contributed by atoms with van der Waals surface area (Å²) >= 11 is 0. The molecule has 0 fully saturated rings. The summed E-state index contributed by atoms with van der Waals surface area (Å²) in [6.07, 6.45) is 0.929. The minimum atomic E-state index is -0.976. The number of aromatic amines is 1. The van der Waals surface area contributed by atoms with Crippen LogP contribution in [-0.4, -0.2) is 22.6 Å². The van der Waals surface area contributed by atoms with Crippen molar-refractivity contribution in [1.29, 1.82) is 0 Å². The van der Waals surface area contributed by atoms with E-state index in [1.54, 1.807) is 0 Å². The van der Waals surface area contributed by atoms with Gasteiger partial charge in [-0.3, -0.25) is 14.3 Å². The Labute approximate surface area is 92.3 Å². The van der Waals surface area contributed by atoms with Gasteiger partial charge >= 0.3 is 5.69 Å². The monoisotopic (exact) mass is 229 g/mol. The highest BCUT2D eigenvalue weighted by Crippen LogP contribution is 1.87. The summed E-state index contributed by atoms with van der Waals surface area (Å²) in [6, 6.07) is 0. The number of hydrogen-bond acceptors (Lipinski definition) is 3. The van der Waals surface area contributed by atoms with Gasteiger partial charge in [0.25, 0.3) is 5.56 Å². The Morgan fingerprint density at radius 1 is 1.50 bits per heavy atom. The van der Waals surface area contributed by atoms with Gasteiger partial charge in [-0.1, -0.05) is 13.8 Å². The third kappa shape index (κ3) is 3.62. The summed E-state index contributed by atoms with van der Waals surface area (Å²) in [5, 5.41) is 3.12. The molecule has 0 atom stereocenters. The van der Waals surface area contributed by atoms with Crippen molar-refractivity contribution in [3.8, 4) is 0 Å². The van der Waals surface area contributed by atoms with Gasteiger partial charge in [-0.2, -0.15) is 4.39 Å². The molecule has 0 aromatic carbocycles. The quantitative estimate of drug-likeness (QED) is 0.694. The van der Waals surface area contributed by atoms with Crippen LogP contribution in [0, 0.1) is 11.7 Å². The lowest BCUT2D eigenvalue weighted by molar-refractivity contribution is 0.501. The molecule has 0 aliphatic rings. The highest BCUT2D eigenvalue weighted by Gasteiger charge is 2.02. The number of rotatable bonds is 5. The van der Waals surface area contributed by atoms with E-state index in [1.165, 1.54) is 0 Å². The maximum Gasteiger partial charge on any atom is 0.328 e. The smallest absolute Gasteiger partial charge is 0.315 e. The molecular weight excluding hydrogens is 213 g/mol. The van der Waals surface area contributed by atoms with Gasteiger partial charge in [0.1, 0.15) is 0 Å². The number of nitrogens with zero attached hydrogens (tertiary/aromatic N) is 1. The molecule has 0 spiro atoms. The lowest BCUT2D eigenvalue weighted by atomic mass is 10.2. The molecule has 1 rings (SSSR count). The molecule has 0 unspecified atom stereocenters. The van der Waals surface area contributed by atoms with Crippen LogP contribution >= 0.6 is 0 Å². The topological polar surface area (TPSA) is 66.9 Å². The van der Waals surface area contributed by atoms with Crippen molar-refractivity contribution in [1.82, 2.24) is 14.9 Å². The van der Waals surface area contributed by atoms with Crippen LogP contribution in [0.15, 0.2) is 15.8 Å². The average Bonchev–Trinajstić information content (AvgIpc) is 2.19. The maximum absolute atomic E-state index is 12.9. The highest BCUT2D eigenvalue weighted by atomic mass is 19.1. The van der Waals surface area contributed by atoms with E-state index in [2.05, 4.69) is 19.2 Å². The molecule has 0 saturated heterocycles. The van der Waals surface area contributed by atoms with Crippen LogP contribution in [0.1, 0.15) is 13.8 Å². The summed E-state index contributed by atoms with van der Waals surface area (Å²) in [5.74, 6) is -0.424. The van der Waals surface area contributed by atoms with Crippen LogP contribution in [0.25, 0.3) is 0 Å². The first-order valence-electron chi connectivity index (χ1n) is 5.20. The van der Waals surface area contributed by atoms with Gasteiger partial charge < -0.3 is 5.32 Å². The zero-order valence-electron chi connectivity index (χ0n) is 9.42. The average molecular weight is 229 g/mol. The molecule has 1 aromatic rings. The van der Waals surface area contributed by atoms with E-state index in [1.807, 2.05) is 4.98 Å². The Hall–Kier alpha value is -1.43. The Morgan fingerprint density at radius 3 is 2.81 bits per heavy atom. The predicted octanol–water partition coefficient (Wildman–Crippen LogP) is -0.0787. The first-order chi connectivity index (χ1) is 7.50. The van der Waals surface area contributed by atoms with Gasteiger partial charge in [0.15, 0.2) is 0 Å². The van der Waals surface area contributed by atoms with Crippen LogP contribution in [-0.2, 0) is 6.54 Å². The summed E-state index contributed by atoms with van der Waals surface area (Å²) in [5.41, 5.74) is -1.56. The fraction of sp³-hybridized carbons (Fsp3) is 0.600. The van der Waals surface area contributed by atoms with Gasteiger partial charge in [0.05, 0.1) is 6.20 Å². The molecule has 0 aliphatic carbocycles. The van der Waals surface area contributed by atoms with E-state index in [9.17, 15) is 14.0 Å². The minimum Gasteiger partial charge on any atom is -0.315 e. The molecule has 0 radical (unpaired) electrons. The standard InChI is InChI=1S/C10H16FN3O2/c1-7(2)5-12-3-4-14-6-8(11)9(15)13-10(14)16/h6-7,12H,3-5H2,1-2H3,(H,13,15,16). The Kier molecular flexibility index (Phi) is 4.42. The van der Waals surface area contributed by atoms with Crippen molar-refractivity contribution >= 4 is 0 Å². The molecular formula is C10H16FN3O2. The second-order valence-electron chi connectivity index (χ2n) is 4.03. The third-order valence-electron chi connectivity index (χ3n) is 2.05. The third-order valence-corrected chi connectivity index (χ3v) is 2.05. The van der Waals surface area contributed by atoms with Crippen LogP contribution in [0.4, 0.5) is 4.39 Å². The van der Waals surface area contributed by atoms with E-state index < -0.39 is 17.1 Å². The predicted molar refractivity (Wildman–Crippen MR) is 59.0 cm³/mol. The second-order valence-corrected chi connectivity index (χ2v) is 4.03. The number of halogens is 1. The highest BCUT2D eigenvalue weighted by molar-refractivity contribution is 4.87. The van der Waals surface area contributed by atoms with E-state index in [0.29, 0.717) is 19.0 Å². The van der Waals surface area contributed by atoms with E-state index >= 15 is 0 Å². The summed E-state index contributed by atoms with van der Waals surface area (Å²) in [4.78, 5) is 23.9. The van der Waals surface area contributed by atoms with Crippen molar-refractivity contribution in [3.05, 3.63) is 32.9 Å². The van der Waals surface area contributed by atoms with Crippen LogP contribution in [0.2, 0.25) is 0 Å². The number of H-pyrrole nitrogens is 1. The van der Waals surface area contributed by atoms with Gasteiger partial charge in [0, 0.05) is 13.1 Å². The Morgan fingerprint density at radius 2 is 2.19 bits per heavy atom. The van der Waals surface area contributed by atoms with Crippen molar-refractivity contribution in [2.45, 2.75) is 20.4 Å². The Bertz CT molecular complexity index is 450. The fourth-order valence-electron chi connectivity index (χ4n) is 1.24. The van der Waals surface area contributed by atoms with Crippen molar-refractivity contribution in [2.75, 3.05) is 13.1 Å². The molecule has 0 saturated carbocycles. The van der Waals surface area contributed by atoms with Crippen LogP contribution in [0.5, 0.6) is 0 Å². The van der Waals surface area contributed by atoms with E-state index in [0.717, 1.165) is 17.3 Å². The first-order valence-corrected chi connectivity index (χ1v) is 5.20. The molecule has 5 nitrogen and oxygen atoms in total. The molecule has 2 N–H and O–H groups in total. The molecule has 0 aliphatic heterocycles. The molecule has 1 heterocycles. The summed E-state index contributed by atoms with van der Waals surface area (Å²) in [7, 11) is 0. The zero-order valence-corrected chi connectivity index (χ0v) is 9.42. The largest absolute Gasteiger partial charge is 0.328 e. The second kappa shape index (κ2) is 5.60. The maximum atomic E-state index is 12.9. The lowest BCUT2D eigenvalue weighted by Gasteiger charge is -2.08. The van der Waals surface area contributed by atoms with Gasteiger partial charge in [0.2, 0.25) is 5.82 Å². The molecule has 90 valence electrons. The molecule has 16 heavy (non-hydrogen) atoms. The van der Waals surface area contributed by atoms with Crippen molar-refractivity contribution in [2.24, 2.45) is 5.92 Å². The lowest BCUT2D eigenvalue weighted by Crippen LogP contribution is -2.34. The minimum absolute atomic E-state index is 0.333. The molecule has 1 aromatic heterocycles. The number of nitrogens with one attached hydrogen (secondary N) is 2. The van der Waals surface area contributed by atoms with Gasteiger partial charge in [-0.15, -0.1) is 0 Å². The van der Waals surface area contributed by atoms with Gasteiger partial charge in [-0.05, 0) is 12.5 Å². The van der Waals surface area contributed by atoms with Crippen LogP contribution in [0.3, 0.4) is 0 Å².